The van der Waals surface area contributed by atoms with Gasteiger partial charge >= 0.3 is 0 Å². The van der Waals surface area contributed by atoms with Gasteiger partial charge in [-0.3, -0.25) is 4.90 Å². The van der Waals surface area contributed by atoms with Crippen LogP contribution in [0.15, 0.2) is 24.3 Å². The van der Waals surface area contributed by atoms with Crippen molar-refractivity contribution in [2.75, 3.05) is 46.9 Å². The van der Waals surface area contributed by atoms with Crippen molar-refractivity contribution in [3.8, 4) is 11.8 Å². The molecule has 5 nitrogen and oxygen atoms in total. The van der Waals surface area contributed by atoms with Crippen molar-refractivity contribution in [1.29, 1.82) is 5.26 Å². The minimum Gasteiger partial charge on any atom is -0.478 e. The first-order valence-corrected chi connectivity index (χ1v) is 7.38. The van der Waals surface area contributed by atoms with Crippen LogP contribution < -0.4 is 10.1 Å². The van der Waals surface area contributed by atoms with E-state index >= 15 is 0 Å². The van der Waals surface area contributed by atoms with Crippen molar-refractivity contribution in [2.24, 2.45) is 0 Å². The smallest absolute Gasteiger partial charge is 0.174 e. The molecular weight excluding hydrogens is 264 g/mol. The summed E-state index contributed by atoms with van der Waals surface area (Å²) in [6.07, 6.45) is 0. The molecule has 21 heavy (non-hydrogen) atoms. The zero-order valence-corrected chi connectivity index (χ0v) is 12.9. The summed E-state index contributed by atoms with van der Waals surface area (Å²) in [7, 11) is 4.36. The number of para-hydroxylation sites is 1. The molecule has 1 saturated heterocycles. The third-order valence-corrected chi connectivity index (χ3v) is 3.94. The van der Waals surface area contributed by atoms with Crippen LogP contribution in [0.1, 0.15) is 5.56 Å². The molecule has 2 rings (SSSR count). The number of hydrogen-bond donors (Lipinski definition) is 1. The third kappa shape index (κ3) is 4.71. The maximum Gasteiger partial charge on any atom is 0.174 e. The van der Waals surface area contributed by atoms with Gasteiger partial charge in [-0.2, -0.15) is 5.26 Å². The predicted octanol–water partition coefficient (Wildman–Crippen LogP) is 0.924. The Morgan fingerprint density at radius 2 is 2.14 bits per heavy atom. The molecule has 1 aliphatic rings. The molecule has 1 aliphatic heterocycles. The van der Waals surface area contributed by atoms with E-state index in [0.717, 1.165) is 44.0 Å². The fourth-order valence-corrected chi connectivity index (χ4v) is 2.60. The second-order valence-corrected chi connectivity index (χ2v) is 5.58. The first kappa shape index (κ1) is 15.8. The molecular formula is C16H24N4O. The van der Waals surface area contributed by atoms with Gasteiger partial charge in [0.2, 0.25) is 0 Å². The summed E-state index contributed by atoms with van der Waals surface area (Å²) < 4.78 is 5.45. The molecule has 1 fully saturated rings. The first-order valence-electron chi connectivity index (χ1n) is 7.38. The summed E-state index contributed by atoms with van der Waals surface area (Å²) in [6.45, 7) is 5.15. The zero-order valence-electron chi connectivity index (χ0n) is 12.9. The van der Waals surface area contributed by atoms with Crippen LogP contribution in [0.2, 0.25) is 0 Å². The average molecular weight is 288 g/mol. The van der Waals surface area contributed by atoms with Crippen molar-refractivity contribution in [3.63, 3.8) is 0 Å². The monoisotopic (exact) mass is 288 g/mol. The summed E-state index contributed by atoms with van der Waals surface area (Å²) in [5, 5.41) is 12.1. The van der Waals surface area contributed by atoms with E-state index in [-0.39, 0.29) is 6.61 Å². The largest absolute Gasteiger partial charge is 0.478 e. The Morgan fingerprint density at radius 3 is 2.95 bits per heavy atom. The van der Waals surface area contributed by atoms with Crippen molar-refractivity contribution < 1.29 is 4.74 Å². The van der Waals surface area contributed by atoms with E-state index in [4.69, 9.17) is 10.00 Å². The SMILES string of the molecule is CN1CCN(C)C(CNCc2ccccc2OCC#N)C1. The lowest BCUT2D eigenvalue weighted by Gasteiger charge is -2.37. The van der Waals surface area contributed by atoms with E-state index in [0.29, 0.717) is 6.04 Å². The molecule has 1 N–H and O–H groups in total. The number of rotatable bonds is 6. The summed E-state index contributed by atoms with van der Waals surface area (Å²) in [5.74, 6) is 0.792. The van der Waals surface area contributed by atoms with Crippen LogP contribution in [-0.4, -0.2) is 62.7 Å². The molecule has 1 heterocycles. The molecule has 5 heteroatoms. The summed E-state index contributed by atoms with van der Waals surface area (Å²) in [5.41, 5.74) is 1.10. The molecule has 1 aromatic rings. The minimum absolute atomic E-state index is 0.0904. The van der Waals surface area contributed by atoms with Gasteiger partial charge in [-0.15, -0.1) is 0 Å². The van der Waals surface area contributed by atoms with Crippen LogP contribution in [0.4, 0.5) is 0 Å². The number of piperazine rings is 1. The fourth-order valence-electron chi connectivity index (χ4n) is 2.60. The van der Waals surface area contributed by atoms with Crippen LogP contribution in [-0.2, 0) is 6.54 Å². The Balaban J connectivity index is 1.84. The summed E-state index contributed by atoms with van der Waals surface area (Å²) >= 11 is 0. The Morgan fingerprint density at radius 1 is 1.33 bits per heavy atom. The van der Waals surface area contributed by atoms with Gasteiger partial charge < -0.3 is 15.0 Å². The van der Waals surface area contributed by atoms with Crippen molar-refractivity contribution >= 4 is 0 Å². The van der Waals surface area contributed by atoms with Crippen molar-refractivity contribution in [3.05, 3.63) is 29.8 Å². The molecule has 0 saturated carbocycles. The van der Waals surface area contributed by atoms with Crippen molar-refractivity contribution in [1.82, 2.24) is 15.1 Å². The van der Waals surface area contributed by atoms with Gasteiger partial charge in [-0.05, 0) is 20.2 Å². The Labute approximate surface area is 127 Å². The van der Waals surface area contributed by atoms with E-state index in [9.17, 15) is 0 Å². The number of nitrogens with one attached hydrogen (secondary N) is 1. The van der Waals surface area contributed by atoms with E-state index < -0.39 is 0 Å². The summed E-state index contributed by atoms with van der Waals surface area (Å²) in [4.78, 5) is 4.78. The van der Waals surface area contributed by atoms with Gasteiger partial charge in [0.25, 0.3) is 0 Å². The molecule has 1 atom stereocenters. The van der Waals surface area contributed by atoms with Gasteiger partial charge in [0.15, 0.2) is 6.61 Å². The van der Waals surface area contributed by atoms with Crippen LogP contribution in [0.3, 0.4) is 0 Å². The predicted molar refractivity (Wildman–Crippen MR) is 83.2 cm³/mol. The molecule has 114 valence electrons. The van der Waals surface area contributed by atoms with Gasteiger partial charge in [-0.1, -0.05) is 18.2 Å². The highest BCUT2D eigenvalue weighted by molar-refractivity contribution is 5.33. The fraction of sp³-hybridized carbons (Fsp3) is 0.562. The summed E-state index contributed by atoms with van der Waals surface area (Å²) in [6, 6.07) is 10.4. The van der Waals surface area contributed by atoms with Crippen LogP contribution in [0.5, 0.6) is 5.75 Å². The Bertz CT molecular complexity index is 485. The lowest BCUT2D eigenvalue weighted by atomic mass is 10.1. The van der Waals surface area contributed by atoms with E-state index in [1.165, 1.54) is 0 Å². The lowest BCUT2D eigenvalue weighted by Crippen LogP contribution is -2.53. The molecule has 0 bridgehead atoms. The third-order valence-electron chi connectivity index (χ3n) is 3.94. The number of likely N-dealkylation sites (N-methyl/N-ethyl adjacent to an activating group) is 2. The van der Waals surface area contributed by atoms with E-state index in [1.807, 2.05) is 30.3 Å². The van der Waals surface area contributed by atoms with Gasteiger partial charge in [0.05, 0.1) is 0 Å². The van der Waals surface area contributed by atoms with E-state index in [1.54, 1.807) is 0 Å². The Hall–Kier alpha value is -1.61. The minimum atomic E-state index is 0.0904. The standard InChI is InChI=1S/C16H24N4O/c1-19-8-9-20(2)15(13-19)12-18-11-14-5-3-4-6-16(14)21-10-7-17/h3-6,15,18H,8-13H2,1-2H3. The highest BCUT2D eigenvalue weighted by Crippen LogP contribution is 2.17. The molecule has 1 unspecified atom stereocenters. The second kappa shape index (κ2) is 7.99. The number of nitrogens with zero attached hydrogens (tertiary/aromatic N) is 3. The number of hydrogen-bond acceptors (Lipinski definition) is 5. The number of nitriles is 1. The molecule has 0 spiro atoms. The van der Waals surface area contributed by atoms with Crippen LogP contribution >= 0.6 is 0 Å². The quantitative estimate of drug-likeness (QED) is 0.844. The number of ether oxygens (including phenoxy) is 1. The van der Waals surface area contributed by atoms with Crippen LogP contribution in [0.25, 0.3) is 0 Å². The second-order valence-electron chi connectivity index (χ2n) is 5.58. The zero-order chi connectivity index (χ0) is 15.1. The van der Waals surface area contributed by atoms with Gasteiger partial charge in [0.1, 0.15) is 11.8 Å². The lowest BCUT2D eigenvalue weighted by molar-refractivity contribution is 0.113. The highest BCUT2D eigenvalue weighted by Gasteiger charge is 2.21. The number of benzene rings is 1. The molecule has 0 radical (unpaired) electrons. The van der Waals surface area contributed by atoms with Crippen molar-refractivity contribution in [2.45, 2.75) is 12.6 Å². The molecule has 1 aromatic carbocycles. The topological polar surface area (TPSA) is 51.5 Å². The maximum atomic E-state index is 8.62. The van der Waals surface area contributed by atoms with E-state index in [2.05, 4.69) is 29.2 Å². The molecule has 0 aliphatic carbocycles. The van der Waals surface area contributed by atoms with Crippen LogP contribution in [0, 0.1) is 11.3 Å². The average Bonchev–Trinajstić information content (AvgIpc) is 2.50. The molecule has 0 amide bonds. The molecule has 0 aromatic heterocycles. The Kier molecular flexibility index (Phi) is 6.00. The van der Waals surface area contributed by atoms with Gasteiger partial charge in [0, 0.05) is 44.3 Å². The first-order chi connectivity index (χ1) is 10.2. The highest BCUT2D eigenvalue weighted by atomic mass is 16.5. The maximum absolute atomic E-state index is 8.62. The normalized spacial score (nSPS) is 20.1. The van der Waals surface area contributed by atoms with Gasteiger partial charge in [-0.25, -0.2) is 0 Å².